The number of amides is 1. The summed E-state index contributed by atoms with van der Waals surface area (Å²) in [4.78, 5) is 21.2. The average Bonchev–Trinajstić information content (AvgIpc) is 3.11. The number of halogens is 1. The lowest BCUT2D eigenvalue weighted by atomic mass is 10.2. The molecular formula is C21H25ClN3O2S+. The van der Waals surface area contributed by atoms with Crippen LogP contribution in [0, 0.1) is 6.92 Å². The number of carbonyl (C=O) groups is 1. The van der Waals surface area contributed by atoms with Crippen LogP contribution in [0.15, 0.2) is 36.4 Å². The van der Waals surface area contributed by atoms with E-state index < -0.39 is 0 Å². The highest BCUT2D eigenvalue weighted by molar-refractivity contribution is 7.22. The molecule has 0 bridgehead atoms. The molecular weight excluding hydrogens is 394 g/mol. The van der Waals surface area contributed by atoms with Crippen molar-refractivity contribution in [1.82, 2.24) is 4.98 Å². The summed E-state index contributed by atoms with van der Waals surface area (Å²) >= 11 is 7.81. The summed E-state index contributed by atoms with van der Waals surface area (Å²) in [6, 6.07) is 11.1. The summed E-state index contributed by atoms with van der Waals surface area (Å²) in [5.74, 6) is 0.584. The second-order valence-electron chi connectivity index (χ2n) is 7.01. The maximum Gasteiger partial charge on any atom is 0.261 e. The van der Waals surface area contributed by atoms with E-state index in [4.69, 9.17) is 21.3 Å². The van der Waals surface area contributed by atoms with Crippen LogP contribution in [0.5, 0.6) is 5.75 Å². The van der Waals surface area contributed by atoms with Gasteiger partial charge in [-0.2, -0.15) is 0 Å². The standard InChI is InChI=1S/C21H24ClN3O2S/c1-14-10-11-17(27-4)18-19(14)28-21(23-18)25(13-7-12-24(2)3)20(26)15-8-5-6-9-16(15)22/h5-6,8-11H,7,12-13H2,1-4H3/p+1. The molecule has 3 rings (SSSR count). The van der Waals surface area contributed by atoms with Gasteiger partial charge in [-0.15, -0.1) is 0 Å². The summed E-state index contributed by atoms with van der Waals surface area (Å²) in [7, 11) is 5.84. The number of aryl methyl sites for hydroxylation is 1. The number of carbonyl (C=O) groups excluding carboxylic acids is 1. The SMILES string of the molecule is COc1ccc(C)c2sc(N(CCC[NH+](C)C)C(=O)c3ccccc3Cl)nc12. The Morgan fingerprint density at radius 2 is 2.00 bits per heavy atom. The van der Waals surface area contributed by atoms with Crippen LogP contribution in [-0.4, -0.2) is 45.2 Å². The molecule has 0 saturated carbocycles. The zero-order valence-electron chi connectivity index (χ0n) is 16.6. The number of ether oxygens (including phenoxy) is 1. The van der Waals surface area contributed by atoms with Crippen LogP contribution in [0.4, 0.5) is 5.13 Å². The number of methoxy groups -OCH3 is 1. The van der Waals surface area contributed by atoms with Gasteiger partial charge >= 0.3 is 0 Å². The predicted octanol–water partition coefficient (Wildman–Crippen LogP) is 3.45. The summed E-state index contributed by atoms with van der Waals surface area (Å²) in [5.41, 5.74) is 2.39. The van der Waals surface area contributed by atoms with Crippen molar-refractivity contribution in [3.63, 3.8) is 0 Å². The third-order valence-electron chi connectivity index (χ3n) is 4.55. The van der Waals surface area contributed by atoms with Crippen molar-refractivity contribution in [2.75, 3.05) is 39.2 Å². The number of hydrogen-bond donors (Lipinski definition) is 1. The largest absolute Gasteiger partial charge is 0.494 e. The van der Waals surface area contributed by atoms with Gasteiger partial charge in [0.25, 0.3) is 5.91 Å². The number of nitrogens with zero attached hydrogens (tertiary/aromatic N) is 2. The zero-order valence-corrected chi connectivity index (χ0v) is 18.2. The van der Waals surface area contributed by atoms with E-state index in [0.717, 1.165) is 28.7 Å². The molecule has 28 heavy (non-hydrogen) atoms. The fourth-order valence-electron chi connectivity index (χ4n) is 3.03. The van der Waals surface area contributed by atoms with E-state index in [-0.39, 0.29) is 5.91 Å². The lowest BCUT2D eigenvalue weighted by molar-refractivity contribution is -0.858. The fourth-order valence-corrected chi connectivity index (χ4v) is 4.33. The Morgan fingerprint density at radius 3 is 2.68 bits per heavy atom. The first-order valence-corrected chi connectivity index (χ1v) is 10.4. The number of aromatic nitrogens is 1. The van der Waals surface area contributed by atoms with Crippen LogP contribution in [0.2, 0.25) is 5.02 Å². The van der Waals surface area contributed by atoms with E-state index in [1.807, 2.05) is 31.2 Å². The molecule has 1 aromatic heterocycles. The molecule has 0 saturated heterocycles. The Kier molecular flexibility index (Phi) is 6.54. The highest BCUT2D eigenvalue weighted by atomic mass is 35.5. The maximum atomic E-state index is 13.3. The van der Waals surface area contributed by atoms with Crippen molar-refractivity contribution in [2.24, 2.45) is 0 Å². The van der Waals surface area contributed by atoms with E-state index in [1.165, 1.54) is 16.2 Å². The maximum absolute atomic E-state index is 13.3. The smallest absolute Gasteiger partial charge is 0.261 e. The van der Waals surface area contributed by atoms with Gasteiger partial charge < -0.3 is 9.64 Å². The van der Waals surface area contributed by atoms with Crippen molar-refractivity contribution >= 4 is 44.2 Å². The average molecular weight is 419 g/mol. The molecule has 1 amide bonds. The monoisotopic (exact) mass is 418 g/mol. The molecule has 0 aliphatic heterocycles. The summed E-state index contributed by atoms with van der Waals surface area (Å²) in [6.07, 6.45) is 0.866. The van der Waals surface area contributed by atoms with E-state index in [9.17, 15) is 4.79 Å². The van der Waals surface area contributed by atoms with E-state index in [1.54, 1.807) is 24.1 Å². The Morgan fingerprint density at radius 1 is 1.25 bits per heavy atom. The first-order chi connectivity index (χ1) is 13.4. The molecule has 0 fully saturated rings. The van der Waals surface area contributed by atoms with Crippen molar-refractivity contribution < 1.29 is 14.4 Å². The highest BCUT2D eigenvalue weighted by Crippen LogP contribution is 2.37. The number of anilines is 1. The van der Waals surface area contributed by atoms with Gasteiger partial charge in [0, 0.05) is 13.0 Å². The van der Waals surface area contributed by atoms with Gasteiger partial charge in [-0.1, -0.05) is 41.1 Å². The number of nitrogens with one attached hydrogen (secondary N) is 1. The predicted molar refractivity (Wildman–Crippen MR) is 116 cm³/mol. The van der Waals surface area contributed by atoms with Gasteiger partial charge in [-0.3, -0.25) is 9.69 Å². The van der Waals surface area contributed by atoms with E-state index >= 15 is 0 Å². The van der Waals surface area contributed by atoms with E-state index in [2.05, 4.69) is 14.1 Å². The summed E-state index contributed by atoms with van der Waals surface area (Å²) in [6.45, 7) is 3.58. The summed E-state index contributed by atoms with van der Waals surface area (Å²) < 4.78 is 6.50. The number of benzene rings is 2. The molecule has 0 aliphatic carbocycles. The Labute approximate surface area is 174 Å². The zero-order chi connectivity index (χ0) is 20.3. The first kappa shape index (κ1) is 20.6. The Balaban J connectivity index is 2.03. The molecule has 3 aromatic rings. The highest BCUT2D eigenvalue weighted by Gasteiger charge is 2.24. The number of quaternary nitrogens is 1. The van der Waals surface area contributed by atoms with Crippen molar-refractivity contribution in [1.29, 1.82) is 0 Å². The van der Waals surface area contributed by atoms with E-state index in [0.29, 0.717) is 28.0 Å². The number of fused-ring (bicyclic) bond motifs is 1. The van der Waals surface area contributed by atoms with Crippen molar-refractivity contribution in [3.05, 3.63) is 52.5 Å². The Hall–Kier alpha value is -2.15. The topological polar surface area (TPSA) is 46.9 Å². The third kappa shape index (κ3) is 4.29. The van der Waals surface area contributed by atoms with Crippen LogP contribution in [0.1, 0.15) is 22.3 Å². The molecule has 0 radical (unpaired) electrons. The molecule has 0 unspecified atom stereocenters. The van der Waals surface area contributed by atoms with Gasteiger partial charge in [0.2, 0.25) is 0 Å². The summed E-state index contributed by atoms with van der Waals surface area (Å²) in [5, 5.41) is 1.12. The minimum absolute atomic E-state index is 0.130. The molecule has 0 atom stereocenters. The minimum atomic E-state index is -0.130. The number of thiazole rings is 1. The molecule has 1 N–H and O–H groups in total. The van der Waals surface area contributed by atoms with Crippen LogP contribution in [0.3, 0.4) is 0 Å². The van der Waals surface area contributed by atoms with Gasteiger partial charge in [-0.05, 0) is 30.7 Å². The molecule has 2 aromatic carbocycles. The minimum Gasteiger partial charge on any atom is -0.494 e. The molecule has 1 heterocycles. The van der Waals surface area contributed by atoms with Crippen molar-refractivity contribution in [2.45, 2.75) is 13.3 Å². The van der Waals surface area contributed by atoms with Gasteiger partial charge in [-0.25, -0.2) is 4.98 Å². The molecule has 0 spiro atoms. The van der Waals surface area contributed by atoms with Gasteiger partial charge in [0.15, 0.2) is 5.13 Å². The normalized spacial score (nSPS) is 11.2. The number of hydrogen-bond acceptors (Lipinski definition) is 4. The molecule has 148 valence electrons. The second kappa shape index (κ2) is 8.90. The third-order valence-corrected chi connectivity index (χ3v) is 6.09. The molecule has 5 nitrogen and oxygen atoms in total. The molecule has 7 heteroatoms. The molecule has 0 aliphatic rings. The second-order valence-corrected chi connectivity index (χ2v) is 8.39. The van der Waals surface area contributed by atoms with Crippen molar-refractivity contribution in [3.8, 4) is 5.75 Å². The Bertz CT molecular complexity index is 987. The lowest BCUT2D eigenvalue weighted by Gasteiger charge is -2.21. The van der Waals surface area contributed by atoms with Gasteiger partial charge in [0.05, 0.1) is 43.0 Å². The van der Waals surface area contributed by atoms with Crippen LogP contribution >= 0.6 is 22.9 Å². The fraction of sp³-hybridized carbons (Fsp3) is 0.333. The first-order valence-electron chi connectivity index (χ1n) is 9.22. The van der Waals surface area contributed by atoms with Crippen LogP contribution in [0.25, 0.3) is 10.2 Å². The quantitative estimate of drug-likeness (QED) is 0.639. The van der Waals surface area contributed by atoms with Crippen LogP contribution in [-0.2, 0) is 0 Å². The van der Waals surface area contributed by atoms with Gasteiger partial charge in [0.1, 0.15) is 11.3 Å². The number of rotatable bonds is 7. The van der Waals surface area contributed by atoms with Crippen LogP contribution < -0.4 is 14.5 Å². The lowest BCUT2D eigenvalue weighted by Crippen LogP contribution is -3.05.